The molecule has 0 fully saturated rings. The van der Waals surface area contributed by atoms with Gasteiger partial charge in [0.1, 0.15) is 5.69 Å². The lowest BCUT2D eigenvalue weighted by molar-refractivity contribution is 0.0690. The first-order valence-corrected chi connectivity index (χ1v) is 4.59. The molecule has 0 radical (unpaired) electrons. The number of aromatic nitrogens is 1. The zero-order valence-corrected chi connectivity index (χ0v) is 8.71. The summed E-state index contributed by atoms with van der Waals surface area (Å²) in [6.45, 7) is 1.86. The summed E-state index contributed by atoms with van der Waals surface area (Å²) in [6.07, 6.45) is 1.44. The van der Waals surface area contributed by atoms with Crippen molar-refractivity contribution in [2.45, 2.75) is 13.0 Å². The Hall–Kier alpha value is -1.62. The Labute approximate surface area is 88.0 Å². The van der Waals surface area contributed by atoms with Gasteiger partial charge in [0.2, 0.25) is 0 Å². The average Bonchev–Trinajstić information content (AvgIpc) is 2.27. The number of carbonyl (C=O) groups is 1. The number of hydrogen-bond donors (Lipinski definition) is 2. The lowest BCUT2D eigenvalue weighted by Crippen LogP contribution is -2.31. The molecule has 1 unspecified atom stereocenters. The molecule has 0 aliphatic heterocycles. The van der Waals surface area contributed by atoms with Crippen molar-refractivity contribution in [3.05, 3.63) is 24.0 Å². The monoisotopic (exact) mass is 210 g/mol. The molecule has 0 aromatic carbocycles. The third-order valence-electron chi connectivity index (χ3n) is 2.30. The molecule has 2 N–H and O–H groups in total. The van der Waals surface area contributed by atoms with Crippen molar-refractivity contribution < 1.29 is 15.0 Å². The Morgan fingerprint density at radius 2 is 2.33 bits per heavy atom. The molecule has 0 saturated heterocycles. The Bertz CT molecular complexity index is 354. The second-order valence-electron chi connectivity index (χ2n) is 3.35. The number of aliphatic hydroxyl groups is 1. The second kappa shape index (κ2) is 4.75. The summed E-state index contributed by atoms with van der Waals surface area (Å²) < 4.78 is 0. The maximum Gasteiger partial charge on any atom is 0.354 e. The van der Waals surface area contributed by atoms with Gasteiger partial charge < -0.3 is 15.1 Å². The largest absolute Gasteiger partial charge is 0.477 e. The maximum atomic E-state index is 10.7. The van der Waals surface area contributed by atoms with Gasteiger partial charge in [-0.15, -0.1) is 0 Å². The van der Waals surface area contributed by atoms with Gasteiger partial charge in [0.15, 0.2) is 0 Å². The summed E-state index contributed by atoms with van der Waals surface area (Å²) >= 11 is 0. The van der Waals surface area contributed by atoms with Crippen molar-refractivity contribution in [2.75, 3.05) is 18.6 Å². The van der Waals surface area contributed by atoms with Gasteiger partial charge in [0.05, 0.1) is 6.61 Å². The number of rotatable bonds is 4. The molecule has 0 aliphatic rings. The van der Waals surface area contributed by atoms with Crippen molar-refractivity contribution in [2.24, 2.45) is 0 Å². The van der Waals surface area contributed by atoms with Gasteiger partial charge in [0.25, 0.3) is 0 Å². The average molecular weight is 210 g/mol. The number of carboxylic acid groups (broad SMARTS) is 1. The number of aliphatic hydroxyl groups excluding tert-OH is 1. The van der Waals surface area contributed by atoms with Crippen LogP contribution in [-0.4, -0.2) is 40.9 Å². The van der Waals surface area contributed by atoms with Crippen LogP contribution in [0.3, 0.4) is 0 Å². The van der Waals surface area contributed by atoms with Gasteiger partial charge in [-0.2, -0.15) is 0 Å². The summed E-state index contributed by atoms with van der Waals surface area (Å²) in [5.41, 5.74) is 0.730. The summed E-state index contributed by atoms with van der Waals surface area (Å²) in [5.74, 6) is -1.05. The second-order valence-corrected chi connectivity index (χ2v) is 3.35. The number of aromatic carboxylic acids is 1. The first-order valence-electron chi connectivity index (χ1n) is 4.59. The third kappa shape index (κ3) is 2.66. The van der Waals surface area contributed by atoms with E-state index in [0.717, 1.165) is 5.69 Å². The highest BCUT2D eigenvalue weighted by atomic mass is 16.4. The number of anilines is 1. The van der Waals surface area contributed by atoms with Gasteiger partial charge in [-0.25, -0.2) is 9.78 Å². The van der Waals surface area contributed by atoms with Crippen LogP contribution in [0.2, 0.25) is 0 Å². The van der Waals surface area contributed by atoms with Gasteiger partial charge in [-0.05, 0) is 19.1 Å². The summed E-state index contributed by atoms with van der Waals surface area (Å²) in [4.78, 5) is 16.2. The van der Waals surface area contributed by atoms with Crippen LogP contribution >= 0.6 is 0 Å². The van der Waals surface area contributed by atoms with E-state index in [4.69, 9.17) is 10.2 Å². The van der Waals surface area contributed by atoms with E-state index < -0.39 is 5.97 Å². The normalized spacial score (nSPS) is 12.2. The number of hydrogen-bond acceptors (Lipinski definition) is 4. The fourth-order valence-electron chi connectivity index (χ4n) is 1.13. The van der Waals surface area contributed by atoms with E-state index in [1.165, 1.54) is 12.3 Å². The highest BCUT2D eigenvalue weighted by Crippen LogP contribution is 2.15. The van der Waals surface area contributed by atoms with Crippen LogP contribution in [-0.2, 0) is 0 Å². The summed E-state index contributed by atoms with van der Waals surface area (Å²) in [5, 5.41) is 17.7. The molecule has 15 heavy (non-hydrogen) atoms. The zero-order valence-electron chi connectivity index (χ0n) is 8.71. The molecule has 1 aromatic rings. The van der Waals surface area contributed by atoms with Gasteiger partial charge in [-0.3, -0.25) is 0 Å². The van der Waals surface area contributed by atoms with Crippen LogP contribution in [0, 0.1) is 0 Å². The standard InChI is InChI=1S/C10H14N2O3/c1-7(6-13)12(2)8-3-4-11-9(5-8)10(14)15/h3-5,7,13H,6H2,1-2H3,(H,14,15). The highest BCUT2D eigenvalue weighted by Gasteiger charge is 2.11. The smallest absolute Gasteiger partial charge is 0.354 e. The van der Waals surface area contributed by atoms with Crippen molar-refractivity contribution in [1.82, 2.24) is 4.98 Å². The Morgan fingerprint density at radius 3 is 2.87 bits per heavy atom. The summed E-state index contributed by atoms with van der Waals surface area (Å²) in [6, 6.07) is 3.13. The molecular weight excluding hydrogens is 196 g/mol. The maximum absolute atomic E-state index is 10.7. The van der Waals surface area contributed by atoms with E-state index in [1.54, 1.807) is 18.0 Å². The van der Waals surface area contributed by atoms with Crippen molar-refractivity contribution >= 4 is 11.7 Å². The fraction of sp³-hybridized carbons (Fsp3) is 0.400. The van der Waals surface area contributed by atoms with E-state index in [2.05, 4.69) is 4.98 Å². The van der Waals surface area contributed by atoms with E-state index in [0.29, 0.717) is 0 Å². The number of carboxylic acids is 1. The van der Waals surface area contributed by atoms with Crippen LogP contribution in [0.25, 0.3) is 0 Å². The zero-order chi connectivity index (χ0) is 11.4. The molecule has 0 spiro atoms. The molecule has 1 aromatic heterocycles. The van der Waals surface area contributed by atoms with Crippen molar-refractivity contribution in [1.29, 1.82) is 0 Å². The lowest BCUT2D eigenvalue weighted by Gasteiger charge is -2.25. The lowest BCUT2D eigenvalue weighted by atomic mass is 10.2. The first kappa shape index (κ1) is 11.5. The first-order chi connectivity index (χ1) is 7.06. The highest BCUT2D eigenvalue weighted by molar-refractivity contribution is 5.86. The van der Waals surface area contributed by atoms with E-state index in [-0.39, 0.29) is 18.3 Å². The fourth-order valence-corrected chi connectivity index (χ4v) is 1.13. The Kier molecular flexibility index (Phi) is 3.62. The molecule has 82 valence electrons. The number of likely N-dealkylation sites (N-methyl/N-ethyl adjacent to an activating group) is 1. The quantitative estimate of drug-likeness (QED) is 0.761. The molecule has 0 bridgehead atoms. The minimum Gasteiger partial charge on any atom is -0.477 e. The molecule has 1 atom stereocenters. The van der Waals surface area contributed by atoms with Crippen molar-refractivity contribution in [3.63, 3.8) is 0 Å². The molecule has 5 heteroatoms. The van der Waals surface area contributed by atoms with E-state index >= 15 is 0 Å². The van der Waals surface area contributed by atoms with Crippen LogP contribution in [0.15, 0.2) is 18.3 Å². The molecule has 1 rings (SSSR count). The number of pyridine rings is 1. The molecule has 0 aliphatic carbocycles. The van der Waals surface area contributed by atoms with Crippen LogP contribution < -0.4 is 4.90 Å². The van der Waals surface area contributed by atoms with Crippen molar-refractivity contribution in [3.8, 4) is 0 Å². The topological polar surface area (TPSA) is 73.7 Å². The molecule has 0 saturated carbocycles. The van der Waals surface area contributed by atoms with Crippen LogP contribution in [0.5, 0.6) is 0 Å². The predicted molar refractivity (Wildman–Crippen MR) is 56.1 cm³/mol. The predicted octanol–water partition coefficient (Wildman–Crippen LogP) is 0.597. The molecular formula is C10H14N2O3. The molecule has 0 amide bonds. The van der Waals surface area contributed by atoms with Crippen LogP contribution in [0.1, 0.15) is 17.4 Å². The van der Waals surface area contributed by atoms with Gasteiger partial charge in [0, 0.05) is 25.0 Å². The summed E-state index contributed by atoms with van der Waals surface area (Å²) in [7, 11) is 1.79. The third-order valence-corrected chi connectivity index (χ3v) is 2.30. The Balaban J connectivity index is 2.94. The van der Waals surface area contributed by atoms with E-state index in [9.17, 15) is 4.79 Å². The molecule has 1 heterocycles. The van der Waals surface area contributed by atoms with Gasteiger partial charge >= 0.3 is 5.97 Å². The van der Waals surface area contributed by atoms with Crippen LogP contribution in [0.4, 0.5) is 5.69 Å². The SMILES string of the molecule is CC(CO)N(C)c1ccnc(C(=O)O)c1. The number of nitrogens with zero attached hydrogens (tertiary/aromatic N) is 2. The minimum atomic E-state index is -1.05. The molecule has 5 nitrogen and oxygen atoms in total. The Morgan fingerprint density at radius 1 is 1.67 bits per heavy atom. The van der Waals surface area contributed by atoms with Gasteiger partial charge in [-0.1, -0.05) is 0 Å². The van der Waals surface area contributed by atoms with E-state index in [1.807, 2.05) is 6.92 Å². The minimum absolute atomic E-state index is 0.00416.